The first-order chi connectivity index (χ1) is 15.3. The van der Waals surface area contributed by atoms with E-state index in [9.17, 15) is 18.0 Å². The number of pyridine rings is 1. The summed E-state index contributed by atoms with van der Waals surface area (Å²) in [5.41, 5.74) is 9.43. The zero-order valence-electron chi connectivity index (χ0n) is 16.7. The van der Waals surface area contributed by atoms with Crippen LogP contribution < -0.4 is 11.1 Å². The van der Waals surface area contributed by atoms with Crippen molar-refractivity contribution in [3.8, 4) is 11.3 Å². The van der Waals surface area contributed by atoms with Crippen molar-refractivity contribution in [2.24, 2.45) is 0 Å². The highest BCUT2D eigenvalue weighted by atomic mass is 19.4. The highest BCUT2D eigenvalue weighted by Crippen LogP contribution is 2.30. The molecular weight excluding hydrogens is 415 g/mol. The third-order valence-electron chi connectivity index (χ3n) is 4.84. The number of nitrogens with one attached hydrogen (secondary N) is 1. The first-order valence-electron chi connectivity index (χ1n) is 9.72. The molecule has 3 N–H and O–H groups in total. The number of nitrogens with two attached hydrogens (primary N) is 1. The maximum atomic E-state index is 12.6. The van der Waals surface area contributed by atoms with Crippen molar-refractivity contribution in [3.05, 3.63) is 96.1 Å². The summed E-state index contributed by atoms with van der Waals surface area (Å²) in [6.07, 6.45) is -1.69. The molecular formula is C25H18F3N3O. The Balaban J connectivity index is 1.49. The second kappa shape index (κ2) is 8.55. The molecule has 0 aliphatic rings. The van der Waals surface area contributed by atoms with Gasteiger partial charge in [-0.2, -0.15) is 13.2 Å². The Morgan fingerprint density at radius 1 is 0.938 bits per heavy atom. The van der Waals surface area contributed by atoms with Crippen LogP contribution in [-0.2, 0) is 11.0 Å². The number of hydrogen-bond acceptors (Lipinski definition) is 3. The molecule has 0 atom stereocenters. The second-order valence-corrected chi connectivity index (χ2v) is 7.14. The number of hydrogen-bond donors (Lipinski definition) is 2. The number of halogens is 3. The number of alkyl halides is 3. The smallest absolute Gasteiger partial charge is 0.398 e. The number of nitrogen functional groups attached to an aromatic ring is 1. The third kappa shape index (κ3) is 4.78. The summed E-state index contributed by atoms with van der Waals surface area (Å²) in [4.78, 5) is 16.9. The molecule has 1 amide bonds. The summed E-state index contributed by atoms with van der Waals surface area (Å²) in [6, 6.07) is 21.2. The van der Waals surface area contributed by atoms with Gasteiger partial charge in [0.25, 0.3) is 0 Å². The van der Waals surface area contributed by atoms with E-state index in [0.29, 0.717) is 27.8 Å². The normalized spacial score (nSPS) is 11.7. The molecule has 3 aromatic carbocycles. The van der Waals surface area contributed by atoms with Gasteiger partial charge in [0.15, 0.2) is 0 Å². The van der Waals surface area contributed by atoms with Gasteiger partial charge in [0.2, 0.25) is 5.91 Å². The van der Waals surface area contributed by atoms with Gasteiger partial charge in [0.05, 0.1) is 16.8 Å². The Bertz CT molecular complexity index is 1300. The predicted octanol–water partition coefficient (Wildman–Crippen LogP) is 6.15. The molecule has 1 aromatic heterocycles. The van der Waals surface area contributed by atoms with E-state index in [0.717, 1.165) is 23.4 Å². The van der Waals surface area contributed by atoms with Crippen LogP contribution in [0.1, 0.15) is 11.1 Å². The molecule has 4 aromatic rings. The minimum Gasteiger partial charge on any atom is -0.398 e. The Hall–Kier alpha value is -4.13. The number of carbonyl (C=O) groups is 1. The SMILES string of the molecule is Nc1cc(-c2ccccc2)nc2ccc(NC(=O)/C=C/c3ccc(C(F)(F)F)cc3)cc12. The number of nitrogens with zero attached hydrogens (tertiary/aromatic N) is 1. The minimum atomic E-state index is -4.39. The van der Waals surface area contributed by atoms with E-state index in [1.54, 1.807) is 24.3 Å². The van der Waals surface area contributed by atoms with Crippen LogP contribution >= 0.6 is 0 Å². The van der Waals surface area contributed by atoms with Crippen molar-refractivity contribution in [2.75, 3.05) is 11.1 Å². The number of fused-ring (bicyclic) bond motifs is 1. The van der Waals surface area contributed by atoms with Crippen molar-refractivity contribution < 1.29 is 18.0 Å². The molecule has 0 unspecified atom stereocenters. The maximum absolute atomic E-state index is 12.6. The van der Waals surface area contributed by atoms with Gasteiger partial charge in [-0.05, 0) is 48.0 Å². The number of aromatic nitrogens is 1. The molecule has 0 bridgehead atoms. The molecule has 0 fully saturated rings. The fourth-order valence-electron chi connectivity index (χ4n) is 3.23. The average molecular weight is 433 g/mol. The van der Waals surface area contributed by atoms with E-state index in [1.807, 2.05) is 30.3 Å². The number of amides is 1. The lowest BCUT2D eigenvalue weighted by Crippen LogP contribution is -2.08. The largest absolute Gasteiger partial charge is 0.416 e. The third-order valence-corrected chi connectivity index (χ3v) is 4.84. The Kier molecular flexibility index (Phi) is 5.64. The van der Waals surface area contributed by atoms with Gasteiger partial charge < -0.3 is 11.1 Å². The Labute approximate surface area is 182 Å². The van der Waals surface area contributed by atoms with Gasteiger partial charge in [-0.25, -0.2) is 4.98 Å². The molecule has 0 saturated heterocycles. The van der Waals surface area contributed by atoms with Crippen LogP contribution in [0.4, 0.5) is 24.5 Å². The Morgan fingerprint density at radius 3 is 2.34 bits per heavy atom. The van der Waals surface area contributed by atoms with Crippen molar-refractivity contribution >= 4 is 34.3 Å². The Morgan fingerprint density at radius 2 is 1.66 bits per heavy atom. The van der Waals surface area contributed by atoms with Crippen LogP contribution in [0.3, 0.4) is 0 Å². The van der Waals surface area contributed by atoms with Crippen LogP contribution in [0.25, 0.3) is 28.2 Å². The molecule has 0 aliphatic heterocycles. The summed E-state index contributed by atoms with van der Waals surface area (Å²) < 4.78 is 37.9. The molecule has 0 saturated carbocycles. The fraction of sp³-hybridized carbons (Fsp3) is 0.0400. The van der Waals surface area contributed by atoms with Gasteiger partial charge >= 0.3 is 6.18 Å². The van der Waals surface area contributed by atoms with Gasteiger partial charge in [0.1, 0.15) is 0 Å². The van der Waals surface area contributed by atoms with E-state index in [2.05, 4.69) is 10.3 Å². The number of benzene rings is 3. The molecule has 32 heavy (non-hydrogen) atoms. The fourth-order valence-corrected chi connectivity index (χ4v) is 3.23. The van der Waals surface area contributed by atoms with Crippen molar-refractivity contribution in [3.63, 3.8) is 0 Å². The van der Waals surface area contributed by atoms with Crippen molar-refractivity contribution in [1.29, 1.82) is 0 Å². The van der Waals surface area contributed by atoms with E-state index < -0.39 is 17.6 Å². The summed E-state index contributed by atoms with van der Waals surface area (Å²) in [7, 11) is 0. The molecule has 7 heteroatoms. The topological polar surface area (TPSA) is 68.0 Å². The van der Waals surface area contributed by atoms with Crippen molar-refractivity contribution in [2.45, 2.75) is 6.18 Å². The van der Waals surface area contributed by atoms with Crippen molar-refractivity contribution in [1.82, 2.24) is 4.98 Å². The van der Waals surface area contributed by atoms with Gasteiger partial charge in [-0.15, -0.1) is 0 Å². The zero-order chi connectivity index (χ0) is 22.7. The summed E-state index contributed by atoms with van der Waals surface area (Å²) >= 11 is 0. The van der Waals surface area contributed by atoms with Gasteiger partial charge in [-0.3, -0.25) is 4.79 Å². The number of anilines is 2. The molecule has 4 rings (SSSR count). The van der Waals surface area contributed by atoms with Gasteiger partial charge in [0, 0.05) is 28.4 Å². The van der Waals surface area contributed by atoms with E-state index in [4.69, 9.17) is 5.73 Å². The first-order valence-corrected chi connectivity index (χ1v) is 9.72. The van der Waals surface area contributed by atoms with Crippen LogP contribution in [0.2, 0.25) is 0 Å². The lowest BCUT2D eigenvalue weighted by molar-refractivity contribution is -0.137. The molecule has 4 nitrogen and oxygen atoms in total. The van der Waals surface area contributed by atoms with E-state index in [-0.39, 0.29) is 0 Å². The first kappa shape index (κ1) is 21.1. The van der Waals surface area contributed by atoms with Crippen LogP contribution in [0.5, 0.6) is 0 Å². The molecule has 0 radical (unpaired) electrons. The molecule has 0 aliphatic carbocycles. The highest BCUT2D eigenvalue weighted by Gasteiger charge is 2.29. The summed E-state index contributed by atoms with van der Waals surface area (Å²) in [5.74, 6) is -0.420. The monoisotopic (exact) mass is 433 g/mol. The zero-order valence-corrected chi connectivity index (χ0v) is 16.7. The molecule has 160 valence electrons. The maximum Gasteiger partial charge on any atom is 0.416 e. The predicted molar refractivity (Wildman–Crippen MR) is 121 cm³/mol. The average Bonchev–Trinajstić information content (AvgIpc) is 2.78. The van der Waals surface area contributed by atoms with E-state index in [1.165, 1.54) is 24.3 Å². The van der Waals surface area contributed by atoms with Crippen LogP contribution in [0.15, 0.2) is 84.9 Å². The quantitative estimate of drug-likeness (QED) is 0.379. The van der Waals surface area contributed by atoms with Crippen LogP contribution in [-0.4, -0.2) is 10.9 Å². The summed E-state index contributed by atoms with van der Waals surface area (Å²) in [6.45, 7) is 0. The van der Waals surface area contributed by atoms with E-state index >= 15 is 0 Å². The second-order valence-electron chi connectivity index (χ2n) is 7.14. The molecule has 1 heterocycles. The standard InChI is InChI=1S/C25H18F3N3O/c26-25(27,28)18-9-6-16(7-10-18)8-13-24(32)30-19-11-12-22-20(14-19)21(29)15-23(31-22)17-4-2-1-3-5-17/h1-15H,(H2,29,31)(H,30,32)/b13-8+. The lowest BCUT2D eigenvalue weighted by atomic mass is 10.1. The number of rotatable bonds is 4. The minimum absolute atomic E-state index is 0.420. The van der Waals surface area contributed by atoms with Crippen LogP contribution in [0, 0.1) is 0 Å². The summed E-state index contributed by atoms with van der Waals surface area (Å²) in [5, 5.41) is 3.43. The lowest BCUT2D eigenvalue weighted by Gasteiger charge is -2.09. The number of carbonyl (C=O) groups excluding carboxylic acids is 1. The highest BCUT2D eigenvalue weighted by molar-refractivity contribution is 6.04. The molecule has 0 spiro atoms. The van der Waals surface area contributed by atoms with Gasteiger partial charge in [-0.1, -0.05) is 42.5 Å².